The zero-order valence-corrected chi connectivity index (χ0v) is 10.2. The molecule has 0 bridgehead atoms. The van der Waals surface area contributed by atoms with Crippen LogP contribution in [0.25, 0.3) is 0 Å². The summed E-state index contributed by atoms with van der Waals surface area (Å²) in [4.78, 5) is 10.8. The molecule has 0 fully saturated rings. The largest absolute Gasteiger partial charge is 0.497 e. The molecule has 2 N–H and O–H groups in total. The summed E-state index contributed by atoms with van der Waals surface area (Å²) in [6, 6.07) is 5.01. The second kappa shape index (κ2) is 6.10. The van der Waals surface area contributed by atoms with Gasteiger partial charge in [-0.15, -0.1) is 0 Å². The summed E-state index contributed by atoms with van der Waals surface area (Å²) in [6.07, 6.45) is -0.0139. The summed E-state index contributed by atoms with van der Waals surface area (Å²) in [6.45, 7) is 0. The van der Waals surface area contributed by atoms with Crippen LogP contribution in [-0.4, -0.2) is 32.3 Å². The van der Waals surface area contributed by atoms with Gasteiger partial charge < -0.3 is 19.9 Å². The molecule has 0 saturated carbocycles. The lowest BCUT2D eigenvalue weighted by molar-refractivity contribution is -0.137. The molecule has 5 heteroatoms. The Kier molecular flexibility index (Phi) is 4.78. The molecule has 1 unspecified atom stereocenters. The summed E-state index contributed by atoms with van der Waals surface area (Å²) in [5.74, 6) is 0.451. The van der Waals surface area contributed by atoms with Crippen molar-refractivity contribution in [1.82, 2.24) is 5.32 Å². The molecule has 5 nitrogen and oxygen atoms in total. The van der Waals surface area contributed by atoms with Crippen molar-refractivity contribution in [3.63, 3.8) is 0 Å². The molecule has 94 valence electrons. The van der Waals surface area contributed by atoms with Gasteiger partial charge in [-0.25, -0.2) is 0 Å². The Morgan fingerprint density at radius 1 is 1.41 bits per heavy atom. The molecule has 0 radical (unpaired) electrons. The van der Waals surface area contributed by atoms with E-state index in [1.807, 2.05) is 0 Å². The first-order valence-corrected chi connectivity index (χ1v) is 5.23. The summed E-state index contributed by atoms with van der Waals surface area (Å²) >= 11 is 0. The van der Waals surface area contributed by atoms with Gasteiger partial charge in [0.05, 0.1) is 20.6 Å². The fraction of sp³-hybridized carbons (Fsp3) is 0.417. The van der Waals surface area contributed by atoms with Crippen LogP contribution in [0.3, 0.4) is 0 Å². The maximum absolute atomic E-state index is 10.8. The van der Waals surface area contributed by atoms with Gasteiger partial charge >= 0.3 is 5.97 Å². The third kappa shape index (κ3) is 3.35. The second-order valence-electron chi connectivity index (χ2n) is 3.55. The van der Waals surface area contributed by atoms with Crippen molar-refractivity contribution in [2.45, 2.75) is 12.5 Å². The van der Waals surface area contributed by atoms with Crippen LogP contribution in [0.1, 0.15) is 18.0 Å². The fourth-order valence-corrected chi connectivity index (χ4v) is 1.65. The van der Waals surface area contributed by atoms with E-state index in [0.29, 0.717) is 11.5 Å². The van der Waals surface area contributed by atoms with Crippen LogP contribution < -0.4 is 14.8 Å². The van der Waals surface area contributed by atoms with Gasteiger partial charge in [-0.2, -0.15) is 0 Å². The molecular formula is C12H17NO4. The molecule has 0 saturated heterocycles. The van der Waals surface area contributed by atoms with E-state index in [1.54, 1.807) is 39.5 Å². The highest BCUT2D eigenvalue weighted by molar-refractivity contribution is 5.68. The number of methoxy groups -OCH3 is 2. The highest BCUT2D eigenvalue weighted by Gasteiger charge is 2.18. The molecule has 0 aliphatic heterocycles. The molecule has 0 aromatic heterocycles. The van der Waals surface area contributed by atoms with Gasteiger partial charge in [0.2, 0.25) is 0 Å². The molecule has 1 aromatic rings. The van der Waals surface area contributed by atoms with E-state index in [1.165, 1.54) is 0 Å². The Morgan fingerprint density at radius 3 is 2.59 bits per heavy atom. The van der Waals surface area contributed by atoms with Crippen LogP contribution in [0, 0.1) is 0 Å². The van der Waals surface area contributed by atoms with Gasteiger partial charge in [-0.3, -0.25) is 4.79 Å². The maximum atomic E-state index is 10.8. The van der Waals surface area contributed by atoms with Gasteiger partial charge in [0.1, 0.15) is 11.5 Å². The van der Waals surface area contributed by atoms with Crippen LogP contribution in [0.5, 0.6) is 11.5 Å². The van der Waals surface area contributed by atoms with E-state index in [2.05, 4.69) is 5.32 Å². The predicted octanol–water partition coefficient (Wildman–Crippen LogP) is 1.44. The van der Waals surface area contributed by atoms with Crippen LogP contribution in [-0.2, 0) is 4.79 Å². The number of nitrogens with one attached hydrogen (secondary N) is 1. The third-order valence-corrected chi connectivity index (χ3v) is 2.54. The van der Waals surface area contributed by atoms with Crippen molar-refractivity contribution >= 4 is 5.97 Å². The van der Waals surface area contributed by atoms with Crippen molar-refractivity contribution < 1.29 is 19.4 Å². The number of carbonyl (C=O) groups is 1. The number of hydrogen-bond acceptors (Lipinski definition) is 4. The first-order chi connectivity index (χ1) is 8.12. The summed E-state index contributed by atoms with van der Waals surface area (Å²) in [7, 11) is 4.84. The highest BCUT2D eigenvalue weighted by atomic mass is 16.5. The Balaban J connectivity index is 3.09. The minimum atomic E-state index is -0.866. The smallest absolute Gasteiger partial charge is 0.305 e. The number of carboxylic acids is 1. The maximum Gasteiger partial charge on any atom is 0.305 e. The van der Waals surface area contributed by atoms with E-state index < -0.39 is 5.97 Å². The number of hydrogen-bond donors (Lipinski definition) is 2. The zero-order valence-electron chi connectivity index (χ0n) is 10.2. The first-order valence-electron chi connectivity index (χ1n) is 5.23. The highest BCUT2D eigenvalue weighted by Crippen LogP contribution is 2.30. The van der Waals surface area contributed by atoms with E-state index in [4.69, 9.17) is 14.6 Å². The van der Waals surface area contributed by atoms with Crippen molar-refractivity contribution in [3.8, 4) is 11.5 Å². The lowest BCUT2D eigenvalue weighted by Crippen LogP contribution is -2.20. The number of carboxylic acid groups (broad SMARTS) is 1. The Bertz CT molecular complexity index is 392. The van der Waals surface area contributed by atoms with Crippen LogP contribution in [0.4, 0.5) is 0 Å². The SMILES string of the molecule is CNC(CC(=O)O)c1cc(OC)ccc1OC. The van der Waals surface area contributed by atoms with Gasteiger partial charge in [-0.1, -0.05) is 0 Å². The van der Waals surface area contributed by atoms with Gasteiger partial charge in [0.15, 0.2) is 0 Å². The third-order valence-electron chi connectivity index (χ3n) is 2.54. The Morgan fingerprint density at radius 2 is 2.12 bits per heavy atom. The van der Waals surface area contributed by atoms with Crippen molar-refractivity contribution in [2.75, 3.05) is 21.3 Å². The topological polar surface area (TPSA) is 67.8 Å². The lowest BCUT2D eigenvalue weighted by atomic mass is 10.0. The average Bonchev–Trinajstić information content (AvgIpc) is 2.34. The average molecular weight is 239 g/mol. The van der Waals surface area contributed by atoms with Crippen molar-refractivity contribution in [1.29, 1.82) is 0 Å². The second-order valence-corrected chi connectivity index (χ2v) is 3.55. The van der Waals surface area contributed by atoms with Gasteiger partial charge in [0, 0.05) is 11.6 Å². The first kappa shape index (κ1) is 13.3. The molecular weight excluding hydrogens is 222 g/mol. The van der Waals surface area contributed by atoms with Crippen molar-refractivity contribution in [3.05, 3.63) is 23.8 Å². The molecule has 1 rings (SSSR count). The number of rotatable bonds is 6. The minimum Gasteiger partial charge on any atom is -0.497 e. The van der Waals surface area contributed by atoms with Crippen LogP contribution in [0.15, 0.2) is 18.2 Å². The monoisotopic (exact) mass is 239 g/mol. The lowest BCUT2D eigenvalue weighted by Gasteiger charge is -2.18. The normalized spacial score (nSPS) is 11.9. The molecule has 0 spiro atoms. The zero-order chi connectivity index (χ0) is 12.8. The molecule has 17 heavy (non-hydrogen) atoms. The summed E-state index contributed by atoms with van der Waals surface area (Å²) in [5, 5.41) is 11.8. The number of benzene rings is 1. The summed E-state index contributed by atoms with van der Waals surface area (Å²) < 4.78 is 10.3. The summed E-state index contributed by atoms with van der Waals surface area (Å²) in [5.41, 5.74) is 0.775. The van der Waals surface area contributed by atoms with Crippen molar-refractivity contribution in [2.24, 2.45) is 0 Å². The molecule has 1 aromatic carbocycles. The molecule has 1 atom stereocenters. The van der Waals surface area contributed by atoms with Gasteiger partial charge in [0.25, 0.3) is 0 Å². The van der Waals surface area contributed by atoms with E-state index >= 15 is 0 Å². The van der Waals surface area contributed by atoms with E-state index in [0.717, 1.165) is 5.56 Å². The van der Waals surface area contributed by atoms with E-state index in [-0.39, 0.29) is 12.5 Å². The predicted molar refractivity (Wildman–Crippen MR) is 63.6 cm³/mol. The molecule has 0 aliphatic rings. The standard InChI is InChI=1S/C12H17NO4/c1-13-10(7-12(14)15)9-6-8(16-2)4-5-11(9)17-3/h4-6,10,13H,7H2,1-3H3,(H,14,15). The minimum absolute atomic E-state index is 0.0139. The fourth-order valence-electron chi connectivity index (χ4n) is 1.65. The molecule has 0 heterocycles. The van der Waals surface area contributed by atoms with E-state index in [9.17, 15) is 4.79 Å². The molecule has 0 amide bonds. The quantitative estimate of drug-likeness (QED) is 0.786. The Hall–Kier alpha value is -1.75. The molecule has 0 aliphatic carbocycles. The Labute approximate surface area is 100 Å². The van der Waals surface area contributed by atoms with Crippen LogP contribution in [0.2, 0.25) is 0 Å². The number of aliphatic carboxylic acids is 1. The van der Waals surface area contributed by atoms with Gasteiger partial charge in [-0.05, 0) is 25.2 Å². The van der Waals surface area contributed by atoms with Crippen LogP contribution >= 0.6 is 0 Å². The number of ether oxygens (including phenoxy) is 2.